The third-order valence-electron chi connectivity index (χ3n) is 5.20. The Morgan fingerprint density at radius 3 is 2.47 bits per heavy atom. The zero-order valence-electron chi connectivity index (χ0n) is 18.7. The van der Waals surface area contributed by atoms with Gasteiger partial charge >= 0.3 is 0 Å². The summed E-state index contributed by atoms with van der Waals surface area (Å²) in [6.45, 7) is 14.7. The molecule has 164 valence electrons. The van der Waals surface area contributed by atoms with Crippen molar-refractivity contribution in [3.8, 4) is 0 Å². The molecule has 1 amide bonds. The van der Waals surface area contributed by atoms with Gasteiger partial charge in [-0.25, -0.2) is 0 Å². The topological polar surface area (TPSA) is 63.5 Å². The number of amides is 1. The van der Waals surface area contributed by atoms with Gasteiger partial charge in [-0.3, -0.25) is 9.36 Å². The van der Waals surface area contributed by atoms with E-state index in [1.165, 1.54) is 11.8 Å². The number of hydrogen-bond donors (Lipinski definition) is 0. The lowest BCUT2D eigenvalue weighted by molar-refractivity contribution is -0.135. The van der Waals surface area contributed by atoms with E-state index in [1.807, 2.05) is 30.0 Å². The van der Waals surface area contributed by atoms with Crippen LogP contribution in [0, 0.1) is 0 Å². The molecule has 1 atom stereocenters. The summed E-state index contributed by atoms with van der Waals surface area (Å²) in [6.07, 6.45) is 0. The lowest BCUT2D eigenvalue weighted by Gasteiger charge is -2.37. The number of aromatic nitrogens is 3. The highest BCUT2D eigenvalue weighted by Crippen LogP contribution is 2.29. The fourth-order valence-corrected chi connectivity index (χ4v) is 4.45. The fourth-order valence-electron chi connectivity index (χ4n) is 3.48. The standard InChI is InChI=1S/C22H33N5O2S/c1-6-26-20(25-12-14-29-15-13-25)23-24-21(26)30-17(2)19(28)27(22(3,4)5)16-18-10-8-7-9-11-18/h7-11,17H,6,12-16H2,1-5H3/t17-/m1/s1. The van der Waals surface area contributed by atoms with Gasteiger partial charge in [0.2, 0.25) is 11.9 Å². The number of carbonyl (C=O) groups excluding carboxylic acids is 1. The van der Waals surface area contributed by atoms with Crippen LogP contribution in [0.5, 0.6) is 0 Å². The molecule has 0 saturated carbocycles. The van der Waals surface area contributed by atoms with Gasteiger partial charge < -0.3 is 14.5 Å². The van der Waals surface area contributed by atoms with Crippen LogP contribution in [0.15, 0.2) is 35.5 Å². The van der Waals surface area contributed by atoms with Gasteiger partial charge in [0.05, 0.1) is 18.5 Å². The summed E-state index contributed by atoms with van der Waals surface area (Å²) in [4.78, 5) is 17.6. The number of thioether (sulfide) groups is 1. The molecule has 1 saturated heterocycles. The maximum absolute atomic E-state index is 13.4. The van der Waals surface area contributed by atoms with Gasteiger partial charge in [0, 0.05) is 31.7 Å². The molecule has 2 aromatic rings. The Hall–Kier alpha value is -2.06. The van der Waals surface area contributed by atoms with Crippen molar-refractivity contribution in [3.05, 3.63) is 35.9 Å². The second kappa shape index (κ2) is 9.83. The van der Waals surface area contributed by atoms with Crippen molar-refractivity contribution in [2.24, 2.45) is 0 Å². The number of morpholine rings is 1. The molecular weight excluding hydrogens is 398 g/mol. The van der Waals surface area contributed by atoms with Crippen LogP contribution in [0.4, 0.5) is 5.95 Å². The molecule has 1 aromatic carbocycles. The average molecular weight is 432 g/mol. The SMILES string of the molecule is CCn1c(S[C@H](C)C(=O)N(Cc2ccccc2)C(C)(C)C)nnc1N1CCOCC1. The van der Waals surface area contributed by atoms with E-state index in [-0.39, 0.29) is 16.7 Å². The van der Waals surface area contributed by atoms with Gasteiger partial charge in [-0.2, -0.15) is 0 Å². The maximum atomic E-state index is 13.4. The van der Waals surface area contributed by atoms with Gasteiger partial charge in [-0.05, 0) is 40.2 Å². The second-order valence-electron chi connectivity index (χ2n) is 8.47. The molecule has 0 aliphatic carbocycles. The van der Waals surface area contributed by atoms with Crippen molar-refractivity contribution in [3.63, 3.8) is 0 Å². The van der Waals surface area contributed by atoms with E-state index in [1.54, 1.807) is 0 Å². The summed E-state index contributed by atoms with van der Waals surface area (Å²) in [5, 5.41) is 9.36. The van der Waals surface area contributed by atoms with Crippen LogP contribution in [-0.2, 0) is 22.6 Å². The van der Waals surface area contributed by atoms with Crippen molar-refractivity contribution in [2.45, 2.75) is 63.7 Å². The van der Waals surface area contributed by atoms with Crippen molar-refractivity contribution in [1.82, 2.24) is 19.7 Å². The van der Waals surface area contributed by atoms with Crippen molar-refractivity contribution < 1.29 is 9.53 Å². The average Bonchev–Trinajstić information content (AvgIpc) is 3.14. The monoisotopic (exact) mass is 431 g/mol. The molecule has 8 heteroatoms. The normalized spacial score (nSPS) is 15.8. The van der Waals surface area contributed by atoms with Crippen LogP contribution in [0.3, 0.4) is 0 Å². The summed E-state index contributed by atoms with van der Waals surface area (Å²) in [5.74, 6) is 0.967. The molecule has 0 radical (unpaired) electrons. The zero-order valence-corrected chi connectivity index (χ0v) is 19.5. The summed E-state index contributed by atoms with van der Waals surface area (Å²) >= 11 is 1.48. The number of benzene rings is 1. The van der Waals surface area contributed by atoms with Crippen LogP contribution in [-0.4, -0.2) is 62.7 Å². The Labute approximate surface area is 183 Å². The molecule has 0 N–H and O–H groups in total. The van der Waals surface area contributed by atoms with Crippen LogP contribution >= 0.6 is 11.8 Å². The van der Waals surface area contributed by atoms with E-state index < -0.39 is 0 Å². The minimum Gasteiger partial charge on any atom is -0.378 e. The summed E-state index contributed by atoms with van der Waals surface area (Å²) in [6, 6.07) is 10.1. The molecule has 1 aromatic heterocycles. The Balaban J connectivity index is 1.75. The number of rotatable bonds is 7. The van der Waals surface area contributed by atoms with Crippen molar-refractivity contribution in [1.29, 1.82) is 0 Å². The summed E-state index contributed by atoms with van der Waals surface area (Å²) in [5.41, 5.74) is 0.850. The highest BCUT2D eigenvalue weighted by molar-refractivity contribution is 8.00. The predicted molar refractivity (Wildman–Crippen MR) is 121 cm³/mol. The molecule has 2 heterocycles. The Kier molecular flexibility index (Phi) is 7.41. The molecule has 1 aliphatic rings. The first kappa shape index (κ1) is 22.6. The third kappa shape index (κ3) is 5.35. The third-order valence-corrected chi connectivity index (χ3v) is 6.26. The molecule has 3 rings (SSSR count). The summed E-state index contributed by atoms with van der Waals surface area (Å²) < 4.78 is 7.55. The zero-order chi connectivity index (χ0) is 21.7. The lowest BCUT2D eigenvalue weighted by Crippen LogP contribution is -2.48. The number of anilines is 1. The predicted octanol–water partition coefficient (Wildman–Crippen LogP) is 3.44. The van der Waals surface area contributed by atoms with E-state index in [9.17, 15) is 4.79 Å². The van der Waals surface area contributed by atoms with Gasteiger partial charge in [0.15, 0.2) is 5.16 Å². The highest BCUT2D eigenvalue weighted by atomic mass is 32.2. The van der Waals surface area contributed by atoms with E-state index in [0.29, 0.717) is 19.8 Å². The van der Waals surface area contributed by atoms with Gasteiger partial charge in [-0.1, -0.05) is 42.1 Å². The molecule has 0 spiro atoms. The van der Waals surface area contributed by atoms with Crippen LogP contribution in [0.25, 0.3) is 0 Å². The quantitative estimate of drug-likeness (QED) is 0.626. The molecular formula is C22H33N5O2S. The minimum absolute atomic E-state index is 0.106. The van der Waals surface area contributed by atoms with Crippen molar-refractivity contribution >= 4 is 23.6 Å². The van der Waals surface area contributed by atoms with Crippen LogP contribution in [0.1, 0.15) is 40.2 Å². The van der Waals surface area contributed by atoms with Crippen LogP contribution < -0.4 is 4.90 Å². The molecule has 1 aliphatic heterocycles. The van der Waals surface area contributed by atoms with Gasteiger partial charge in [0.25, 0.3) is 0 Å². The fraction of sp³-hybridized carbons (Fsp3) is 0.591. The first-order valence-electron chi connectivity index (χ1n) is 10.6. The van der Waals surface area contributed by atoms with E-state index >= 15 is 0 Å². The molecule has 0 bridgehead atoms. The maximum Gasteiger partial charge on any atom is 0.236 e. The van der Waals surface area contributed by atoms with E-state index in [0.717, 1.165) is 36.3 Å². The first-order valence-corrected chi connectivity index (χ1v) is 11.5. The van der Waals surface area contributed by atoms with E-state index in [2.05, 4.69) is 59.5 Å². The van der Waals surface area contributed by atoms with Gasteiger partial charge in [-0.15, -0.1) is 10.2 Å². The number of hydrogen-bond acceptors (Lipinski definition) is 6. The van der Waals surface area contributed by atoms with Crippen LogP contribution in [0.2, 0.25) is 0 Å². The Morgan fingerprint density at radius 2 is 1.87 bits per heavy atom. The minimum atomic E-state index is -0.279. The first-order chi connectivity index (χ1) is 14.3. The van der Waals surface area contributed by atoms with Crippen molar-refractivity contribution in [2.75, 3.05) is 31.2 Å². The largest absolute Gasteiger partial charge is 0.378 e. The second-order valence-corrected chi connectivity index (χ2v) is 9.78. The lowest BCUT2D eigenvalue weighted by atomic mass is 10.0. The molecule has 30 heavy (non-hydrogen) atoms. The highest BCUT2D eigenvalue weighted by Gasteiger charge is 2.31. The summed E-state index contributed by atoms with van der Waals surface area (Å²) in [7, 11) is 0. The molecule has 7 nitrogen and oxygen atoms in total. The number of ether oxygens (including phenoxy) is 1. The smallest absolute Gasteiger partial charge is 0.236 e. The van der Waals surface area contributed by atoms with E-state index in [4.69, 9.17) is 4.74 Å². The Bertz CT molecular complexity index is 828. The number of nitrogens with zero attached hydrogens (tertiary/aromatic N) is 5. The molecule has 0 unspecified atom stereocenters. The number of carbonyl (C=O) groups is 1. The molecule has 1 fully saturated rings. The Morgan fingerprint density at radius 1 is 1.20 bits per heavy atom. The van der Waals surface area contributed by atoms with Gasteiger partial charge in [0.1, 0.15) is 0 Å².